The maximum atomic E-state index is 9.59. The number of azo groups is 1. The van der Waals surface area contributed by atoms with Gasteiger partial charge < -0.3 is 5.11 Å². The molecule has 0 fully saturated rings. The molecular weight excluding hydrogens is 336 g/mol. The first-order chi connectivity index (χ1) is 13.0. The van der Waals surface area contributed by atoms with E-state index in [2.05, 4.69) is 41.4 Å². The van der Waals surface area contributed by atoms with Crippen LogP contribution in [0.2, 0.25) is 0 Å². The predicted molar refractivity (Wildman–Crippen MR) is 107 cm³/mol. The summed E-state index contributed by atoms with van der Waals surface area (Å²) in [5.41, 5.74) is 6.51. The number of nitrogens with zero attached hydrogens (tertiary/aromatic N) is 4. The van der Waals surface area contributed by atoms with Crippen molar-refractivity contribution in [3.63, 3.8) is 0 Å². The van der Waals surface area contributed by atoms with Crippen LogP contribution in [0.5, 0.6) is 5.75 Å². The van der Waals surface area contributed by atoms with Crippen molar-refractivity contribution in [3.8, 4) is 17.0 Å². The minimum Gasteiger partial charge on any atom is -0.508 e. The molecule has 0 saturated carbocycles. The van der Waals surface area contributed by atoms with Crippen molar-refractivity contribution in [1.29, 1.82) is 0 Å². The number of benzene rings is 2. The van der Waals surface area contributed by atoms with Gasteiger partial charge in [0.25, 0.3) is 0 Å². The summed E-state index contributed by atoms with van der Waals surface area (Å²) >= 11 is 0. The van der Waals surface area contributed by atoms with Gasteiger partial charge in [-0.3, -0.25) is 4.40 Å². The van der Waals surface area contributed by atoms with E-state index >= 15 is 0 Å². The van der Waals surface area contributed by atoms with Crippen LogP contribution in [0.25, 0.3) is 16.9 Å². The van der Waals surface area contributed by atoms with Gasteiger partial charge in [-0.05, 0) is 56.2 Å². The summed E-state index contributed by atoms with van der Waals surface area (Å²) in [5, 5.41) is 18.6. The second kappa shape index (κ2) is 6.68. The summed E-state index contributed by atoms with van der Waals surface area (Å²) in [5.74, 6) is 0.905. The van der Waals surface area contributed by atoms with Gasteiger partial charge in [0.2, 0.25) is 0 Å². The molecule has 0 aliphatic heterocycles. The predicted octanol–water partition coefficient (Wildman–Crippen LogP) is 6.05. The lowest BCUT2D eigenvalue weighted by molar-refractivity contribution is 0.475. The van der Waals surface area contributed by atoms with Gasteiger partial charge in [0, 0.05) is 11.8 Å². The van der Waals surface area contributed by atoms with Crippen molar-refractivity contribution in [3.05, 3.63) is 77.5 Å². The minimum atomic E-state index is 0.220. The van der Waals surface area contributed by atoms with Crippen LogP contribution in [0.4, 0.5) is 11.5 Å². The second-order valence-corrected chi connectivity index (χ2v) is 6.76. The van der Waals surface area contributed by atoms with E-state index in [0.717, 1.165) is 28.0 Å². The lowest BCUT2D eigenvalue weighted by Crippen LogP contribution is -1.85. The largest absolute Gasteiger partial charge is 0.508 e. The zero-order chi connectivity index (χ0) is 19.0. The van der Waals surface area contributed by atoms with E-state index in [9.17, 15) is 5.11 Å². The number of phenols is 1. The molecule has 0 saturated heterocycles. The summed E-state index contributed by atoms with van der Waals surface area (Å²) in [6.45, 7) is 5.99. The smallest absolute Gasteiger partial charge is 0.187 e. The maximum absolute atomic E-state index is 9.59. The van der Waals surface area contributed by atoms with E-state index < -0.39 is 0 Å². The Balaban J connectivity index is 1.88. The van der Waals surface area contributed by atoms with Crippen molar-refractivity contribution in [1.82, 2.24) is 9.38 Å². The topological polar surface area (TPSA) is 62.2 Å². The molecule has 1 N–H and O–H groups in total. The zero-order valence-electron chi connectivity index (χ0n) is 15.5. The summed E-state index contributed by atoms with van der Waals surface area (Å²) in [6, 6.07) is 17.3. The molecule has 5 nitrogen and oxygen atoms in total. The zero-order valence-corrected chi connectivity index (χ0v) is 15.5. The van der Waals surface area contributed by atoms with Gasteiger partial charge in [0.1, 0.15) is 17.1 Å². The SMILES string of the molecule is Cc1ccc(-c2nc3ccc(C)cn3c2N=Nc2ccc(O)cc2C)cc1. The number of pyridine rings is 1. The lowest BCUT2D eigenvalue weighted by atomic mass is 10.1. The lowest BCUT2D eigenvalue weighted by Gasteiger charge is -2.02. The molecule has 2 aromatic carbocycles. The van der Waals surface area contributed by atoms with E-state index in [4.69, 9.17) is 4.98 Å². The highest BCUT2D eigenvalue weighted by Crippen LogP contribution is 2.33. The van der Waals surface area contributed by atoms with Crippen molar-refractivity contribution < 1.29 is 5.11 Å². The standard InChI is InChI=1S/C22H20N4O/c1-14-4-7-17(8-5-14)21-22(26-13-15(2)6-11-20(26)23-21)25-24-19-10-9-18(27)12-16(19)3/h4-13,27H,1-3H3. The maximum Gasteiger partial charge on any atom is 0.187 e. The molecule has 0 spiro atoms. The molecule has 2 heterocycles. The summed E-state index contributed by atoms with van der Waals surface area (Å²) in [6.07, 6.45) is 2.01. The van der Waals surface area contributed by atoms with Crippen LogP contribution in [0.3, 0.4) is 0 Å². The number of phenolic OH excluding ortho intramolecular Hbond substituents is 1. The normalized spacial score (nSPS) is 11.5. The highest BCUT2D eigenvalue weighted by Gasteiger charge is 2.14. The number of rotatable bonds is 3. The summed E-state index contributed by atoms with van der Waals surface area (Å²) in [4.78, 5) is 4.77. The van der Waals surface area contributed by atoms with Gasteiger partial charge in [-0.25, -0.2) is 4.98 Å². The Morgan fingerprint density at radius 1 is 0.852 bits per heavy atom. The Labute approximate surface area is 157 Å². The van der Waals surface area contributed by atoms with Crippen molar-refractivity contribution in [2.75, 3.05) is 0 Å². The summed E-state index contributed by atoms with van der Waals surface area (Å²) < 4.78 is 1.96. The van der Waals surface area contributed by atoms with Crippen LogP contribution in [-0.2, 0) is 0 Å². The van der Waals surface area contributed by atoms with E-state index in [-0.39, 0.29) is 5.75 Å². The molecule has 0 unspecified atom stereocenters. The minimum absolute atomic E-state index is 0.220. The number of imidazole rings is 1. The van der Waals surface area contributed by atoms with Crippen molar-refractivity contribution >= 4 is 17.2 Å². The number of fused-ring (bicyclic) bond motifs is 1. The Morgan fingerprint density at radius 3 is 2.33 bits per heavy atom. The number of hydrogen-bond acceptors (Lipinski definition) is 4. The molecule has 27 heavy (non-hydrogen) atoms. The molecule has 4 aromatic rings. The molecule has 0 aliphatic carbocycles. The van der Waals surface area contributed by atoms with Crippen LogP contribution in [0, 0.1) is 20.8 Å². The quantitative estimate of drug-likeness (QED) is 0.454. The first-order valence-corrected chi connectivity index (χ1v) is 8.78. The highest BCUT2D eigenvalue weighted by molar-refractivity contribution is 5.74. The molecule has 134 valence electrons. The molecule has 0 radical (unpaired) electrons. The molecule has 0 amide bonds. The van der Waals surface area contributed by atoms with Crippen LogP contribution >= 0.6 is 0 Å². The van der Waals surface area contributed by atoms with E-state index in [1.165, 1.54) is 5.56 Å². The molecule has 4 rings (SSSR count). The van der Waals surface area contributed by atoms with Crippen LogP contribution in [0.15, 0.2) is 71.0 Å². The average molecular weight is 356 g/mol. The molecule has 5 heteroatoms. The average Bonchev–Trinajstić information content (AvgIpc) is 2.99. The van der Waals surface area contributed by atoms with Crippen LogP contribution < -0.4 is 0 Å². The van der Waals surface area contributed by atoms with Gasteiger partial charge in [-0.2, -0.15) is 0 Å². The van der Waals surface area contributed by atoms with Crippen LogP contribution in [-0.4, -0.2) is 14.5 Å². The Hall–Kier alpha value is -3.47. The van der Waals surface area contributed by atoms with Gasteiger partial charge >= 0.3 is 0 Å². The Bertz CT molecular complexity index is 1160. The summed E-state index contributed by atoms with van der Waals surface area (Å²) in [7, 11) is 0. The first-order valence-electron chi connectivity index (χ1n) is 8.78. The Kier molecular flexibility index (Phi) is 4.20. The third-order valence-corrected chi connectivity index (χ3v) is 4.50. The first kappa shape index (κ1) is 17.0. The van der Waals surface area contributed by atoms with Gasteiger partial charge in [-0.1, -0.05) is 35.9 Å². The number of aromatic hydroxyl groups is 1. The van der Waals surface area contributed by atoms with E-state index in [1.807, 2.05) is 36.6 Å². The second-order valence-electron chi connectivity index (χ2n) is 6.76. The number of aryl methyl sites for hydroxylation is 3. The van der Waals surface area contributed by atoms with E-state index in [1.54, 1.807) is 18.2 Å². The monoisotopic (exact) mass is 356 g/mol. The highest BCUT2D eigenvalue weighted by atomic mass is 16.3. The molecule has 0 bridgehead atoms. The molecular formula is C22H20N4O. The van der Waals surface area contributed by atoms with E-state index in [0.29, 0.717) is 11.5 Å². The van der Waals surface area contributed by atoms with Crippen LogP contribution in [0.1, 0.15) is 16.7 Å². The molecule has 0 aliphatic rings. The molecule has 2 aromatic heterocycles. The van der Waals surface area contributed by atoms with Crippen molar-refractivity contribution in [2.24, 2.45) is 10.2 Å². The fourth-order valence-corrected chi connectivity index (χ4v) is 2.99. The number of aromatic nitrogens is 2. The Morgan fingerprint density at radius 2 is 1.59 bits per heavy atom. The molecule has 0 atom stereocenters. The fourth-order valence-electron chi connectivity index (χ4n) is 2.99. The third kappa shape index (κ3) is 3.31. The van der Waals surface area contributed by atoms with Gasteiger partial charge in [0.05, 0.1) is 5.69 Å². The van der Waals surface area contributed by atoms with Gasteiger partial charge in [-0.15, -0.1) is 10.2 Å². The number of hydrogen-bond donors (Lipinski definition) is 1. The van der Waals surface area contributed by atoms with Gasteiger partial charge in [0.15, 0.2) is 5.82 Å². The fraction of sp³-hybridized carbons (Fsp3) is 0.136. The van der Waals surface area contributed by atoms with Crippen molar-refractivity contribution in [2.45, 2.75) is 20.8 Å². The third-order valence-electron chi connectivity index (χ3n) is 4.50.